The molecule has 0 bridgehead atoms. The summed E-state index contributed by atoms with van der Waals surface area (Å²) in [5, 5.41) is 18.1. The molecular formula is C23H22FN7S2. The van der Waals surface area contributed by atoms with Crippen LogP contribution in [0, 0.1) is 17.1 Å². The zero-order valence-electron chi connectivity index (χ0n) is 18.3. The minimum Gasteiger partial charge on any atom is -0.375 e. The van der Waals surface area contributed by atoms with Crippen LogP contribution in [0.2, 0.25) is 0 Å². The molecule has 10 heteroatoms. The minimum absolute atomic E-state index is 0.0902. The number of nitrogens with one attached hydrogen (secondary N) is 2. The molecule has 0 aliphatic heterocycles. The van der Waals surface area contributed by atoms with Crippen molar-refractivity contribution < 1.29 is 4.39 Å². The van der Waals surface area contributed by atoms with Gasteiger partial charge in [0.2, 0.25) is 0 Å². The predicted octanol–water partition coefficient (Wildman–Crippen LogP) is 4.96. The van der Waals surface area contributed by atoms with Gasteiger partial charge in [0.1, 0.15) is 17.4 Å². The lowest BCUT2D eigenvalue weighted by Gasteiger charge is -2.14. The molecule has 0 saturated carbocycles. The van der Waals surface area contributed by atoms with E-state index in [1.807, 2.05) is 45.0 Å². The number of thioether (sulfide) groups is 1. The van der Waals surface area contributed by atoms with Crippen molar-refractivity contribution in [1.82, 2.24) is 15.4 Å². The number of rotatable bonds is 7. The number of hydrazone groups is 1. The lowest BCUT2D eigenvalue weighted by atomic mass is 10.1. The van der Waals surface area contributed by atoms with Gasteiger partial charge in [-0.1, -0.05) is 37.7 Å². The second-order valence-corrected chi connectivity index (χ2v) is 9.22. The van der Waals surface area contributed by atoms with E-state index in [1.54, 1.807) is 12.1 Å². The van der Waals surface area contributed by atoms with Crippen LogP contribution in [0.3, 0.4) is 0 Å². The summed E-state index contributed by atoms with van der Waals surface area (Å²) >= 11 is 6.24. The van der Waals surface area contributed by atoms with Crippen LogP contribution < -0.4 is 16.5 Å². The molecule has 7 nitrogen and oxygen atoms in total. The standard InChI is InChI=1S/C23H22FN7S2/c1-13(2)33-23-28-20(16-4-8-17(24)9-5-16)19(12-25)21(29-23)27-18-10-6-15(7-11-18)14(3)30-31-22(26)32/h4-11,13H,1-3H3,(H3,26,31,32)(H,27,28,29)/b30-14-. The molecule has 168 valence electrons. The first-order valence-corrected chi connectivity index (χ1v) is 11.3. The third kappa shape index (κ3) is 6.47. The quantitative estimate of drug-likeness (QED) is 0.143. The molecule has 1 heterocycles. The topological polar surface area (TPSA) is 112 Å². The van der Waals surface area contributed by atoms with Gasteiger partial charge in [-0.2, -0.15) is 10.4 Å². The second kappa shape index (κ2) is 10.8. The average Bonchev–Trinajstić information content (AvgIpc) is 2.78. The van der Waals surface area contributed by atoms with Crippen LogP contribution in [0.5, 0.6) is 0 Å². The van der Waals surface area contributed by atoms with Crippen LogP contribution in [0.4, 0.5) is 15.9 Å². The Labute approximate surface area is 201 Å². The number of hydrogen-bond donors (Lipinski definition) is 3. The number of hydrogen-bond acceptors (Lipinski definition) is 7. The highest BCUT2D eigenvalue weighted by Crippen LogP contribution is 2.31. The number of nitrogens with two attached hydrogens (primary N) is 1. The summed E-state index contributed by atoms with van der Waals surface area (Å²) in [4.78, 5) is 9.15. The Hall–Kier alpha value is -3.55. The molecular weight excluding hydrogens is 457 g/mol. The van der Waals surface area contributed by atoms with Gasteiger partial charge in [0.15, 0.2) is 16.1 Å². The summed E-state index contributed by atoms with van der Waals surface area (Å²) in [7, 11) is 0. The van der Waals surface area contributed by atoms with Gasteiger partial charge >= 0.3 is 0 Å². The zero-order chi connectivity index (χ0) is 24.0. The van der Waals surface area contributed by atoms with Crippen molar-refractivity contribution in [1.29, 1.82) is 5.26 Å². The van der Waals surface area contributed by atoms with Gasteiger partial charge in [-0.3, -0.25) is 5.43 Å². The Morgan fingerprint density at radius 1 is 1.15 bits per heavy atom. The number of benzene rings is 2. The smallest absolute Gasteiger partial charge is 0.190 e. The molecule has 3 rings (SSSR count). The van der Waals surface area contributed by atoms with Crippen molar-refractivity contribution in [3.8, 4) is 17.3 Å². The van der Waals surface area contributed by atoms with Crippen LogP contribution in [0.1, 0.15) is 31.9 Å². The van der Waals surface area contributed by atoms with Crippen LogP contribution in [-0.4, -0.2) is 26.0 Å². The van der Waals surface area contributed by atoms with Crippen molar-refractivity contribution >= 4 is 46.3 Å². The molecule has 0 amide bonds. The van der Waals surface area contributed by atoms with E-state index < -0.39 is 0 Å². The largest absolute Gasteiger partial charge is 0.375 e. The maximum Gasteiger partial charge on any atom is 0.190 e. The molecule has 0 aliphatic carbocycles. The maximum atomic E-state index is 13.4. The fourth-order valence-electron chi connectivity index (χ4n) is 2.85. The molecule has 0 saturated heterocycles. The van der Waals surface area contributed by atoms with Crippen LogP contribution in [-0.2, 0) is 0 Å². The highest BCUT2D eigenvalue weighted by Gasteiger charge is 2.17. The van der Waals surface area contributed by atoms with E-state index in [1.165, 1.54) is 23.9 Å². The third-order valence-electron chi connectivity index (χ3n) is 4.36. The van der Waals surface area contributed by atoms with Gasteiger partial charge < -0.3 is 11.1 Å². The normalized spacial score (nSPS) is 11.2. The maximum absolute atomic E-state index is 13.4. The Balaban J connectivity index is 1.98. The summed E-state index contributed by atoms with van der Waals surface area (Å²) < 4.78 is 13.4. The number of nitriles is 1. The molecule has 2 aromatic carbocycles. The van der Waals surface area contributed by atoms with Gasteiger partial charge in [-0.25, -0.2) is 14.4 Å². The number of thiocarbonyl (C=S) groups is 1. The highest BCUT2D eigenvalue weighted by atomic mass is 32.2. The molecule has 0 spiro atoms. The summed E-state index contributed by atoms with van der Waals surface area (Å²) in [5.74, 6) is 0.0205. The molecule has 33 heavy (non-hydrogen) atoms. The number of nitrogens with zero attached hydrogens (tertiary/aromatic N) is 4. The van der Waals surface area contributed by atoms with Crippen LogP contribution in [0.25, 0.3) is 11.3 Å². The molecule has 0 aliphatic rings. The van der Waals surface area contributed by atoms with E-state index in [2.05, 4.69) is 31.9 Å². The van der Waals surface area contributed by atoms with Gasteiger partial charge in [0, 0.05) is 16.5 Å². The summed E-state index contributed by atoms with van der Waals surface area (Å²) in [6, 6.07) is 15.5. The number of halogens is 1. The predicted molar refractivity (Wildman–Crippen MR) is 135 cm³/mol. The van der Waals surface area contributed by atoms with Gasteiger partial charge in [0.05, 0.1) is 11.4 Å². The molecule has 1 aromatic heterocycles. The molecule has 0 radical (unpaired) electrons. The van der Waals surface area contributed by atoms with E-state index in [0.717, 1.165) is 11.3 Å². The van der Waals surface area contributed by atoms with Gasteiger partial charge in [-0.05, 0) is 61.1 Å². The van der Waals surface area contributed by atoms with Gasteiger partial charge in [0.25, 0.3) is 0 Å². The number of anilines is 2. The first-order chi connectivity index (χ1) is 15.8. The van der Waals surface area contributed by atoms with Gasteiger partial charge in [-0.15, -0.1) is 0 Å². The summed E-state index contributed by atoms with van der Waals surface area (Å²) in [5.41, 5.74) is 11.6. The summed E-state index contributed by atoms with van der Waals surface area (Å²) in [6.07, 6.45) is 0. The fourth-order valence-corrected chi connectivity index (χ4v) is 3.61. The number of aromatic nitrogens is 2. The molecule has 3 aromatic rings. The monoisotopic (exact) mass is 479 g/mol. The summed E-state index contributed by atoms with van der Waals surface area (Å²) in [6.45, 7) is 5.90. The molecule has 4 N–H and O–H groups in total. The molecule has 0 fully saturated rings. The lowest BCUT2D eigenvalue weighted by Crippen LogP contribution is -2.25. The Morgan fingerprint density at radius 3 is 2.39 bits per heavy atom. The van der Waals surface area contributed by atoms with Crippen molar-refractivity contribution in [3.63, 3.8) is 0 Å². The Morgan fingerprint density at radius 2 is 1.82 bits per heavy atom. The zero-order valence-corrected chi connectivity index (χ0v) is 19.9. The average molecular weight is 480 g/mol. The van der Waals surface area contributed by atoms with E-state index in [9.17, 15) is 9.65 Å². The van der Waals surface area contributed by atoms with Crippen molar-refractivity contribution in [3.05, 3.63) is 65.5 Å². The Bertz CT molecular complexity index is 1220. The Kier molecular flexibility index (Phi) is 7.92. The first kappa shape index (κ1) is 24.1. The van der Waals surface area contributed by atoms with E-state index in [4.69, 9.17) is 18.0 Å². The SMILES string of the molecule is C/C(=N/NC(N)=S)c1ccc(Nc2nc(SC(C)C)nc(-c3ccc(F)cc3)c2C#N)cc1. The third-order valence-corrected chi connectivity index (χ3v) is 5.31. The van der Waals surface area contributed by atoms with E-state index in [0.29, 0.717) is 27.9 Å². The lowest BCUT2D eigenvalue weighted by molar-refractivity contribution is 0.628. The molecule has 0 atom stereocenters. The van der Waals surface area contributed by atoms with Crippen molar-refractivity contribution in [2.75, 3.05) is 5.32 Å². The van der Waals surface area contributed by atoms with E-state index in [-0.39, 0.29) is 21.7 Å². The van der Waals surface area contributed by atoms with Crippen molar-refractivity contribution in [2.24, 2.45) is 10.8 Å². The molecule has 0 unspecified atom stereocenters. The van der Waals surface area contributed by atoms with Crippen LogP contribution >= 0.6 is 24.0 Å². The fraction of sp³-hybridized carbons (Fsp3) is 0.174. The van der Waals surface area contributed by atoms with E-state index >= 15 is 0 Å². The first-order valence-electron chi connectivity index (χ1n) is 9.98. The van der Waals surface area contributed by atoms with Crippen LogP contribution in [0.15, 0.2) is 58.8 Å². The van der Waals surface area contributed by atoms with Crippen molar-refractivity contribution in [2.45, 2.75) is 31.2 Å². The highest BCUT2D eigenvalue weighted by molar-refractivity contribution is 7.99. The second-order valence-electron chi connectivity index (χ2n) is 7.24. The minimum atomic E-state index is -0.358.